The highest BCUT2D eigenvalue weighted by molar-refractivity contribution is 7.16. The van der Waals surface area contributed by atoms with Crippen LogP contribution in [0, 0.1) is 0 Å². The molecule has 0 fully saturated rings. The molecule has 0 saturated carbocycles. The lowest BCUT2D eigenvalue weighted by molar-refractivity contribution is 0.144. The van der Waals surface area contributed by atoms with Crippen LogP contribution in [0.25, 0.3) is 27.6 Å². The number of ether oxygens (including phenoxy) is 1. The third-order valence-corrected chi connectivity index (χ3v) is 6.77. The number of hydrogen-bond acceptors (Lipinski definition) is 3. The molecular formula is C28H23NO2S. The number of carbonyl (C=O) groups is 1. The van der Waals surface area contributed by atoms with Crippen LogP contribution < -0.4 is 5.32 Å². The second-order valence-corrected chi connectivity index (χ2v) is 8.79. The summed E-state index contributed by atoms with van der Waals surface area (Å²) in [6, 6.07) is 31.2. The van der Waals surface area contributed by atoms with E-state index in [1.165, 1.54) is 32.7 Å². The minimum Gasteiger partial charge on any atom is -0.449 e. The molecule has 0 saturated heterocycles. The van der Waals surface area contributed by atoms with E-state index in [0.717, 1.165) is 4.88 Å². The van der Waals surface area contributed by atoms with Gasteiger partial charge in [0.15, 0.2) is 0 Å². The van der Waals surface area contributed by atoms with Gasteiger partial charge in [0, 0.05) is 22.2 Å². The fourth-order valence-electron chi connectivity index (χ4n) is 4.17. The number of rotatable bonds is 6. The predicted octanol–water partition coefficient (Wildman–Crippen LogP) is 6.97. The van der Waals surface area contributed by atoms with Gasteiger partial charge in [0.1, 0.15) is 6.61 Å². The Bertz CT molecular complexity index is 1210. The molecule has 0 radical (unpaired) electrons. The zero-order valence-corrected chi connectivity index (χ0v) is 18.3. The van der Waals surface area contributed by atoms with Crippen molar-refractivity contribution < 1.29 is 9.53 Å². The average Bonchev–Trinajstić information content (AvgIpc) is 3.44. The van der Waals surface area contributed by atoms with E-state index in [2.05, 4.69) is 53.8 Å². The minimum absolute atomic E-state index is 0.0752. The molecule has 4 aromatic rings. The lowest BCUT2D eigenvalue weighted by Crippen LogP contribution is -2.26. The Labute approximate surface area is 192 Å². The number of nitrogens with one attached hydrogen (secondary N) is 1. The fourth-order valence-corrected chi connectivity index (χ4v) is 5.11. The van der Waals surface area contributed by atoms with E-state index in [9.17, 15) is 4.79 Å². The quantitative estimate of drug-likeness (QED) is 0.354. The molecule has 1 aliphatic rings. The van der Waals surface area contributed by atoms with Crippen LogP contribution in [0.3, 0.4) is 0 Å². The third kappa shape index (κ3) is 4.23. The molecule has 5 rings (SSSR count). The van der Waals surface area contributed by atoms with Crippen LogP contribution in [-0.4, -0.2) is 19.2 Å². The van der Waals surface area contributed by atoms with Crippen molar-refractivity contribution in [3.05, 3.63) is 113 Å². The van der Waals surface area contributed by atoms with Gasteiger partial charge >= 0.3 is 6.09 Å². The van der Waals surface area contributed by atoms with Crippen LogP contribution in [0.2, 0.25) is 0 Å². The predicted molar refractivity (Wildman–Crippen MR) is 132 cm³/mol. The van der Waals surface area contributed by atoms with Crippen molar-refractivity contribution in [1.29, 1.82) is 0 Å². The summed E-state index contributed by atoms with van der Waals surface area (Å²) in [7, 11) is 0. The average molecular weight is 438 g/mol. The van der Waals surface area contributed by atoms with Gasteiger partial charge in [-0.3, -0.25) is 0 Å². The molecule has 0 unspecified atom stereocenters. The zero-order valence-electron chi connectivity index (χ0n) is 17.5. The topological polar surface area (TPSA) is 38.3 Å². The molecule has 0 aliphatic heterocycles. The summed E-state index contributed by atoms with van der Waals surface area (Å²) in [5, 5.41) is 2.82. The molecule has 1 amide bonds. The van der Waals surface area contributed by atoms with Gasteiger partial charge in [0.05, 0.1) is 0 Å². The van der Waals surface area contributed by atoms with Crippen LogP contribution >= 0.6 is 11.3 Å². The van der Waals surface area contributed by atoms with Crippen LogP contribution in [0.4, 0.5) is 4.79 Å². The van der Waals surface area contributed by atoms with Crippen LogP contribution in [0.1, 0.15) is 21.9 Å². The summed E-state index contributed by atoms with van der Waals surface area (Å²) < 4.78 is 5.57. The Kier molecular flexibility index (Phi) is 5.86. The molecule has 3 aromatic carbocycles. The SMILES string of the molecule is O=C(NCC=Cc1ccc(-c2ccccc2)s1)OCC1c2ccccc2-c2ccccc21. The monoisotopic (exact) mass is 437 g/mol. The van der Waals surface area contributed by atoms with Gasteiger partial charge in [-0.25, -0.2) is 4.79 Å². The summed E-state index contributed by atoms with van der Waals surface area (Å²) in [4.78, 5) is 14.6. The second-order valence-electron chi connectivity index (χ2n) is 7.68. The highest BCUT2D eigenvalue weighted by atomic mass is 32.1. The molecule has 32 heavy (non-hydrogen) atoms. The van der Waals surface area contributed by atoms with E-state index in [4.69, 9.17) is 4.74 Å². The van der Waals surface area contributed by atoms with E-state index in [1.807, 2.05) is 54.6 Å². The molecule has 4 heteroatoms. The maximum absolute atomic E-state index is 12.3. The highest BCUT2D eigenvalue weighted by Gasteiger charge is 2.28. The van der Waals surface area contributed by atoms with E-state index < -0.39 is 6.09 Å². The second kappa shape index (κ2) is 9.25. The van der Waals surface area contributed by atoms with Crippen molar-refractivity contribution in [2.75, 3.05) is 13.2 Å². The van der Waals surface area contributed by atoms with Gasteiger partial charge in [-0.1, -0.05) is 84.9 Å². The Balaban J connectivity index is 1.14. The van der Waals surface area contributed by atoms with Gasteiger partial charge in [-0.05, 0) is 46.0 Å². The van der Waals surface area contributed by atoms with E-state index in [-0.39, 0.29) is 5.92 Å². The van der Waals surface area contributed by atoms with Gasteiger partial charge in [-0.2, -0.15) is 0 Å². The fraction of sp³-hybridized carbons (Fsp3) is 0.107. The number of benzene rings is 3. The van der Waals surface area contributed by atoms with Crippen LogP contribution in [0.5, 0.6) is 0 Å². The number of hydrogen-bond donors (Lipinski definition) is 1. The Morgan fingerprint density at radius 1 is 0.844 bits per heavy atom. The van der Waals surface area contributed by atoms with Crippen molar-refractivity contribution in [2.45, 2.75) is 5.92 Å². The first-order valence-electron chi connectivity index (χ1n) is 10.7. The Hall–Kier alpha value is -3.63. The van der Waals surface area contributed by atoms with Gasteiger partial charge in [0.25, 0.3) is 0 Å². The van der Waals surface area contributed by atoms with E-state index >= 15 is 0 Å². The number of alkyl carbamates (subject to hydrolysis) is 1. The van der Waals surface area contributed by atoms with Crippen molar-refractivity contribution in [1.82, 2.24) is 5.32 Å². The first kappa shape index (κ1) is 20.3. The van der Waals surface area contributed by atoms with Crippen molar-refractivity contribution in [3.8, 4) is 21.6 Å². The smallest absolute Gasteiger partial charge is 0.407 e. The molecule has 158 valence electrons. The van der Waals surface area contributed by atoms with Crippen LogP contribution in [0.15, 0.2) is 97.1 Å². The maximum Gasteiger partial charge on any atom is 0.407 e. The molecule has 1 heterocycles. The highest BCUT2D eigenvalue weighted by Crippen LogP contribution is 2.44. The number of carbonyl (C=O) groups excluding carboxylic acids is 1. The van der Waals surface area contributed by atoms with Crippen molar-refractivity contribution in [2.24, 2.45) is 0 Å². The van der Waals surface area contributed by atoms with Gasteiger partial charge in [-0.15, -0.1) is 11.3 Å². The van der Waals surface area contributed by atoms with Crippen molar-refractivity contribution in [3.63, 3.8) is 0 Å². The molecular weight excluding hydrogens is 414 g/mol. The largest absolute Gasteiger partial charge is 0.449 e. The zero-order chi connectivity index (χ0) is 21.8. The molecule has 0 bridgehead atoms. The normalized spacial score (nSPS) is 12.5. The first-order valence-corrected chi connectivity index (χ1v) is 11.5. The molecule has 0 atom stereocenters. The standard InChI is InChI=1S/C28H23NO2S/c30-28(29-18-8-11-21-16-17-27(32-21)20-9-2-1-3-10-20)31-19-26-24-14-6-4-12-22(24)23-13-5-7-15-25(23)26/h1-17,26H,18-19H2,(H,29,30). The molecule has 1 aromatic heterocycles. The number of amides is 1. The molecule has 3 nitrogen and oxygen atoms in total. The molecule has 1 N–H and O–H groups in total. The first-order chi connectivity index (χ1) is 15.8. The summed E-state index contributed by atoms with van der Waals surface area (Å²) in [5.41, 5.74) is 6.10. The number of fused-ring (bicyclic) bond motifs is 3. The minimum atomic E-state index is -0.396. The summed E-state index contributed by atoms with van der Waals surface area (Å²) in [5.74, 6) is 0.0752. The van der Waals surface area contributed by atoms with E-state index in [0.29, 0.717) is 13.2 Å². The van der Waals surface area contributed by atoms with Crippen LogP contribution in [-0.2, 0) is 4.74 Å². The summed E-state index contributed by atoms with van der Waals surface area (Å²) >= 11 is 1.73. The molecule has 1 aliphatic carbocycles. The molecule has 0 spiro atoms. The van der Waals surface area contributed by atoms with Gasteiger partial charge in [0.2, 0.25) is 0 Å². The lowest BCUT2D eigenvalue weighted by Gasteiger charge is -2.14. The third-order valence-electron chi connectivity index (χ3n) is 5.68. The van der Waals surface area contributed by atoms with Crippen molar-refractivity contribution >= 4 is 23.5 Å². The summed E-state index contributed by atoms with van der Waals surface area (Å²) in [6.45, 7) is 0.754. The van der Waals surface area contributed by atoms with Gasteiger partial charge < -0.3 is 10.1 Å². The number of thiophene rings is 1. The lowest BCUT2D eigenvalue weighted by atomic mass is 9.98. The Morgan fingerprint density at radius 3 is 2.22 bits per heavy atom. The maximum atomic E-state index is 12.3. The van der Waals surface area contributed by atoms with E-state index in [1.54, 1.807) is 11.3 Å². The Morgan fingerprint density at radius 2 is 1.50 bits per heavy atom. The summed E-state index contributed by atoms with van der Waals surface area (Å²) in [6.07, 6.45) is 3.58.